The lowest BCUT2D eigenvalue weighted by Crippen LogP contribution is -2.54. The smallest absolute Gasteiger partial charge is 0.335 e. The largest absolute Gasteiger partial charge is 0.342 e. The quantitative estimate of drug-likeness (QED) is 0.315. The van der Waals surface area contributed by atoms with E-state index in [2.05, 4.69) is 35.9 Å². The van der Waals surface area contributed by atoms with E-state index in [9.17, 15) is 14.4 Å². The second kappa shape index (κ2) is 9.06. The molecule has 0 atom stereocenters. The van der Waals surface area contributed by atoms with Gasteiger partial charge < -0.3 is 4.57 Å². The van der Waals surface area contributed by atoms with E-state index in [1.54, 1.807) is 18.2 Å². The molecule has 6 nitrogen and oxygen atoms in total. The molecule has 0 radical (unpaired) electrons. The molecule has 1 aliphatic heterocycles. The molecule has 0 spiro atoms. The molecule has 5 rings (SSSR count). The SMILES string of the molecule is CC(C)c1ccc(N2C(=O)NC(=O)/C(=C/c3cn(Cc4ccccc4)c4ccccc34)C2=O)cc1. The van der Waals surface area contributed by atoms with E-state index in [4.69, 9.17) is 0 Å². The molecule has 1 saturated heterocycles. The minimum atomic E-state index is -0.749. The van der Waals surface area contributed by atoms with E-state index in [-0.39, 0.29) is 5.57 Å². The van der Waals surface area contributed by atoms with Crippen LogP contribution in [0, 0.1) is 0 Å². The number of hydrogen-bond donors (Lipinski definition) is 1. The second-order valence-electron chi connectivity index (χ2n) is 8.92. The van der Waals surface area contributed by atoms with E-state index in [1.807, 2.05) is 60.8 Å². The van der Waals surface area contributed by atoms with Gasteiger partial charge in [0.25, 0.3) is 11.8 Å². The van der Waals surface area contributed by atoms with Crippen LogP contribution in [0.15, 0.2) is 90.6 Å². The molecular formula is C29H25N3O3. The fourth-order valence-electron chi connectivity index (χ4n) is 4.36. The summed E-state index contributed by atoms with van der Waals surface area (Å²) < 4.78 is 2.09. The first-order valence-electron chi connectivity index (χ1n) is 11.6. The molecule has 0 bridgehead atoms. The van der Waals surface area contributed by atoms with E-state index in [1.165, 1.54) is 0 Å². The zero-order chi connectivity index (χ0) is 24.5. The van der Waals surface area contributed by atoms with Gasteiger partial charge in [-0.1, -0.05) is 74.5 Å². The molecular weight excluding hydrogens is 438 g/mol. The van der Waals surface area contributed by atoms with Crippen LogP contribution in [0.3, 0.4) is 0 Å². The molecule has 1 aliphatic rings. The fourth-order valence-corrected chi connectivity index (χ4v) is 4.36. The number of nitrogens with one attached hydrogen (secondary N) is 1. The highest BCUT2D eigenvalue weighted by molar-refractivity contribution is 6.39. The molecule has 35 heavy (non-hydrogen) atoms. The van der Waals surface area contributed by atoms with Crippen molar-refractivity contribution >= 4 is 40.5 Å². The number of aromatic nitrogens is 1. The molecule has 3 aromatic carbocycles. The van der Waals surface area contributed by atoms with Crippen LogP contribution in [0.25, 0.3) is 17.0 Å². The van der Waals surface area contributed by atoms with E-state index >= 15 is 0 Å². The van der Waals surface area contributed by atoms with Crippen LogP contribution in [0.2, 0.25) is 0 Å². The first kappa shape index (κ1) is 22.3. The van der Waals surface area contributed by atoms with Gasteiger partial charge in [-0.3, -0.25) is 14.9 Å². The van der Waals surface area contributed by atoms with E-state index < -0.39 is 17.8 Å². The molecule has 0 unspecified atom stereocenters. The van der Waals surface area contributed by atoms with Crippen molar-refractivity contribution in [3.8, 4) is 0 Å². The summed E-state index contributed by atoms with van der Waals surface area (Å²) in [6, 6.07) is 24.4. The summed E-state index contributed by atoms with van der Waals surface area (Å²) in [5.74, 6) is -1.02. The van der Waals surface area contributed by atoms with Gasteiger partial charge >= 0.3 is 6.03 Å². The zero-order valence-electron chi connectivity index (χ0n) is 19.6. The van der Waals surface area contributed by atoms with E-state index in [0.29, 0.717) is 18.2 Å². The average molecular weight is 464 g/mol. The Morgan fingerprint density at radius 1 is 0.857 bits per heavy atom. The van der Waals surface area contributed by atoms with Crippen molar-refractivity contribution in [1.82, 2.24) is 9.88 Å². The van der Waals surface area contributed by atoms with Crippen LogP contribution in [0.5, 0.6) is 0 Å². The maximum atomic E-state index is 13.4. The lowest BCUT2D eigenvalue weighted by molar-refractivity contribution is -0.122. The minimum Gasteiger partial charge on any atom is -0.342 e. The third kappa shape index (κ3) is 4.26. The first-order valence-corrected chi connectivity index (χ1v) is 11.6. The zero-order valence-corrected chi connectivity index (χ0v) is 19.6. The lowest BCUT2D eigenvalue weighted by atomic mass is 10.0. The Hall–Kier alpha value is -4.45. The number of anilines is 1. The number of rotatable bonds is 5. The number of carbonyl (C=O) groups excluding carboxylic acids is 3. The number of nitrogens with zero attached hydrogens (tertiary/aromatic N) is 2. The molecule has 2 heterocycles. The number of carbonyl (C=O) groups is 3. The summed E-state index contributed by atoms with van der Waals surface area (Å²) >= 11 is 0. The van der Waals surface area contributed by atoms with Crippen molar-refractivity contribution < 1.29 is 14.4 Å². The van der Waals surface area contributed by atoms with Crippen LogP contribution in [-0.4, -0.2) is 22.4 Å². The normalized spacial score (nSPS) is 15.3. The standard InChI is InChI=1S/C29H25N3O3/c1-19(2)21-12-14-23(15-13-21)32-28(34)25(27(33)30-29(32)35)16-22-18-31(17-20-8-4-3-5-9-20)26-11-7-6-10-24(22)26/h3-16,18-19H,17H2,1-2H3,(H,30,33,35)/b25-16-. The van der Waals surface area contributed by atoms with Crippen molar-refractivity contribution in [3.63, 3.8) is 0 Å². The molecule has 174 valence electrons. The van der Waals surface area contributed by atoms with Gasteiger partial charge in [-0.05, 0) is 41.3 Å². The number of fused-ring (bicyclic) bond motifs is 1. The Balaban J connectivity index is 1.54. The summed E-state index contributed by atoms with van der Waals surface area (Å²) in [5.41, 5.74) is 4.29. The summed E-state index contributed by atoms with van der Waals surface area (Å²) in [7, 11) is 0. The molecule has 6 heteroatoms. The van der Waals surface area contributed by atoms with Gasteiger partial charge in [0.1, 0.15) is 5.57 Å². The van der Waals surface area contributed by atoms with Crippen LogP contribution in [0.1, 0.15) is 36.5 Å². The second-order valence-corrected chi connectivity index (χ2v) is 8.92. The lowest BCUT2D eigenvalue weighted by Gasteiger charge is -2.26. The number of barbiturate groups is 1. The summed E-state index contributed by atoms with van der Waals surface area (Å²) in [4.78, 5) is 39.7. The highest BCUT2D eigenvalue weighted by Gasteiger charge is 2.37. The molecule has 0 saturated carbocycles. The molecule has 1 aromatic heterocycles. The Morgan fingerprint density at radius 2 is 1.54 bits per heavy atom. The van der Waals surface area contributed by atoms with Crippen LogP contribution in [-0.2, 0) is 16.1 Å². The van der Waals surface area contributed by atoms with Crippen molar-refractivity contribution in [1.29, 1.82) is 0 Å². The predicted octanol–water partition coefficient (Wildman–Crippen LogP) is 5.48. The fraction of sp³-hybridized carbons (Fsp3) is 0.138. The Morgan fingerprint density at radius 3 is 2.26 bits per heavy atom. The highest BCUT2D eigenvalue weighted by Crippen LogP contribution is 2.28. The third-order valence-corrected chi connectivity index (χ3v) is 6.23. The van der Waals surface area contributed by atoms with Gasteiger partial charge in [0, 0.05) is 29.2 Å². The van der Waals surface area contributed by atoms with Crippen molar-refractivity contribution in [2.75, 3.05) is 4.90 Å². The number of hydrogen-bond acceptors (Lipinski definition) is 3. The Bertz CT molecular complexity index is 1460. The van der Waals surface area contributed by atoms with Crippen molar-refractivity contribution in [3.05, 3.63) is 107 Å². The highest BCUT2D eigenvalue weighted by atomic mass is 16.2. The maximum absolute atomic E-state index is 13.4. The predicted molar refractivity (Wildman–Crippen MR) is 137 cm³/mol. The van der Waals surface area contributed by atoms with Gasteiger partial charge in [-0.25, -0.2) is 9.69 Å². The maximum Gasteiger partial charge on any atom is 0.335 e. The van der Waals surface area contributed by atoms with Crippen LogP contribution in [0.4, 0.5) is 10.5 Å². The van der Waals surface area contributed by atoms with Crippen LogP contribution >= 0.6 is 0 Å². The molecule has 4 amide bonds. The summed E-state index contributed by atoms with van der Waals surface area (Å²) in [5, 5.41) is 3.23. The monoisotopic (exact) mass is 463 g/mol. The van der Waals surface area contributed by atoms with E-state index in [0.717, 1.165) is 32.5 Å². The topological polar surface area (TPSA) is 71.4 Å². The summed E-state index contributed by atoms with van der Waals surface area (Å²) in [6.07, 6.45) is 3.51. The number of amides is 4. The van der Waals surface area contributed by atoms with Gasteiger partial charge in [-0.15, -0.1) is 0 Å². The molecule has 1 fully saturated rings. The molecule has 0 aliphatic carbocycles. The Kier molecular flexibility index (Phi) is 5.79. The summed E-state index contributed by atoms with van der Waals surface area (Å²) in [6.45, 7) is 4.79. The number of para-hydroxylation sites is 1. The Labute approximate surface area is 203 Å². The number of benzene rings is 3. The minimum absolute atomic E-state index is 0.0832. The van der Waals surface area contributed by atoms with Gasteiger partial charge in [0.15, 0.2) is 0 Å². The number of imide groups is 2. The van der Waals surface area contributed by atoms with Crippen molar-refractivity contribution in [2.45, 2.75) is 26.3 Å². The number of urea groups is 1. The average Bonchev–Trinajstić information content (AvgIpc) is 3.19. The van der Waals surface area contributed by atoms with Gasteiger partial charge in [-0.2, -0.15) is 0 Å². The molecule has 1 N–H and O–H groups in total. The van der Waals surface area contributed by atoms with Gasteiger partial charge in [0.05, 0.1) is 5.69 Å². The first-order chi connectivity index (χ1) is 16.9. The third-order valence-electron chi connectivity index (χ3n) is 6.23. The van der Waals surface area contributed by atoms with Crippen molar-refractivity contribution in [2.24, 2.45) is 0 Å². The van der Waals surface area contributed by atoms with Crippen LogP contribution < -0.4 is 10.2 Å². The molecule has 4 aromatic rings. The van der Waals surface area contributed by atoms with Gasteiger partial charge in [0.2, 0.25) is 0 Å².